The van der Waals surface area contributed by atoms with Crippen LogP contribution in [0.15, 0.2) is 60.9 Å². The lowest BCUT2D eigenvalue weighted by Gasteiger charge is -2.20. The largest absolute Gasteiger partial charge is 0.519 e. The molecule has 9 nitrogen and oxygen atoms in total. The van der Waals surface area contributed by atoms with Gasteiger partial charge in [-0.2, -0.15) is 0 Å². The van der Waals surface area contributed by atoms with Crippen LogP contribution in [-0.4, -0.2) is 44.8 Å². The van der Waals surface area contributed by atoms with Crippen molar-refractivity contribution < 1.29 is 33.3 Å². The van der Waals surface area contributed by atoms with Gasteiger partial charge in [0.15, 0.2) is 0 Å². The number of nitrogens with one attached hydrogen (secondary N) is 1. The first kappa shape index (κ1) is 35.4. The average molecular weight is 804 g/mol. The third-order valence-electron chi connectivity index (χ3n) is 4.74. The Morgan fingerprint density at radius 3 is 1.64 bits per heavy atom. The molecule has 0 saturated heterocycles. The van der Waals surface area contributed by atoms with E-state index in [0.717, 1.165) is 14.5 Å². The number of benzene rings is 2. The smallest absolute Gasteiger partial charge is 0.443 e. The highest BCUT2D eigenvalue weighted by molar-refractivity contribution is 14.1. The molecule has 42 heavy (non-hydrogen) atoms. The van der Waals surface area contributed by atoms with E-state index in [0.29, 0.717) is 0 Å². The van der Waals surface area contributed by atoms with Gasteiger partial charge in [-0.25, -0.2) is 14.4 Å². The Morgan fingerprint density at radius 1 is 0.667 bits per heavy atom. The van der Waals surface area contributed by atoms with Crippen LogP contribution in [0.5, 0.6) is 0 Å². The van der Waals surface area contributed by atoms with Crippen LogP contribution in [0.25, 0.3) is 21.8 Å². The summed E-state index contributed by atoms with van der Waals surface area (Å²) in [6.45, 7) is 15.6. The summed E-state index contributed by atoms with van der Waals surface area (Å²) >= 11 is 4.54. The molecule has 228 valence electrons. The molecule has 0 bridgehead atoms. The number of halogens is 2. The number of rotatable bonds is 0. The van der Waals surface area contributed by atoms with E-state index in [1.807, 2.05) is 57.3 Å². The van der Waals surface area contributed by atoms with Crippen LogP contribution in [0.4, 0.5) is 14.4 Å². The van der Waals surface area contributed by atoms with E-state index in [2.05, 4.69) is 73.1 Å². The number of aromatic amines is 1. The number of para-hydroxylation sites is 2. The lowest BCUT2D eigenvalue weighted by Crippen LogP contribution is -2.29. The molecule has 11 heteroatoms. The van der Waals surface area contributed by atoms with Crippen molar-refractivity contribution >= 4 is 85.4 Å². The van der Waals surface area contributed by atoms with Crippen LogP contribution in [-0.2, 0) is 18.9 Å². The monoisotopic (exact) mass is 804 g/mol. The van der Waals surface area contributed by atoms with Crippen LogP contribution in [0.2, 0.25) is 0 Å². The molecule has 1 N–H and O–H groups in total. The van der Waals surface area contributed by atoms with Crippen molar-refractivity contribution in [3.63, 3.8) is 0 Å². The number of hydrogen-bond donors (Lipinski definition) is 1. The molecule has 0 aliphatic heterocycles. The quantitative estimate of drug-likeness (QED) is 0.0817. The number of hydrogen-bond acceptors (Lipinski definition) is 7. The Labute approximate surface area is 273 Å². The highest BCUT2D eigenvalue weighted by atomic mass is 127. The molecule has 2 heterocycles. The Bertz CT molecular complexity index is 1490. The van der Waals surface area contributed by atoms with Gasteiger partial charge in [0, 0.05) is 35.8 Å². The number of H-pyrrole nitrogens is 1. The predicted octanol–water partition coefficient (Wildman–Crippen LogP) is 9.67. The van der Waals surface area contributed by atoms with Crippen LogP contribution in [0, 0.1) is 7.14 Å². The molecular weight excluding hydrogens is 766 g/mol. The topological polar surface area (TPSA) is 109 Å². The summed E-state index contributed by atoms with van der Waals surface area (Å²) in [5.41, 5.74) is 0.226. The first-order chi connectivity index (χ1) is 19.3. The summed E-state index contributed by atoms with van der Waals surface area (Å²) in [5, 5.41) is 2.38. The maximum absolute atomic E-state index is 12.0. The van der Waals surface area contributed by atoms with Crippen LogP contribution < -0.4 is 0 Å². The molecule has 0 unspecified atom stereocenters. The van der Waals surface area contributed by atoms with Crippen molar-refractivity contribution in [1.82, 2.24) is 9.55 Å². The predicted molar refractivity (Wildman–Crippen MR) is 181 cm³/mol. The van der Waals surface area contributed by atoms with Gasteiger partial charge >= 0.3 is 18.4 Å². The van der Waals surface area contributed by atoms with Gasteiger partial charge in [0.05, 0.1) is 5.52 Å². The third-order valence-corrected chi connectivity index (χ3v) is 6.49. The molecule has 4 aromatic rings. The maximum atomic E-state index is 12.0. The van der Waals surface area contributed by atoms with Gasteiger partial charge in [-0.3, -0.25) is 4.57 Å². The Hall–Kier alpha value is -2.81. The number of carbonyl (C=O) groups is 3. The van der Waals surface area contributed by atoms with Crippen LogP contribution in [0.1, 0.15) is 62.3 Å². The molecule has 0 aliphatic carbocycles. The molecule has 0 fully saturated rings. The lowest BCUT2D eigenvalue weighted by atomic mass is 10.2. The fourth-order valence-corrected chi connectivity index (χ4v) is 4.61. The molecule has 2 aromatic heterocycles. The standard InChI is InChI=1S/C13H14INO2.C10H18O5.C8H6IN/c1-13(2,3)17-12(16)15-8-10(14)9-6-4-5-7-11(9)15;1-9(2,3)14-7(11)13-8(12)15-10(4,5)6;9-7-5-10-8-4-2-1-3-6(7)8/h4-8H,1-3H3;1-6H3;1-5,10H. The van der Waals surface area contributed by atoms with E-state index in [9.17, 15) is 14.4 Å². The SMILES string of the molecule is CC(C)(C)OC(=O)OC(=O)OC(C)(C)C.CC(C)(C)OC(=O)n1cc(I)c2ccccc21.Ic1c[nH]c2ccccc12. The second-order valence-corrected chi connectivity index (χ2v) is 14.4. The summed E-state index contributed by atoms with van der Waals surface area (Å²) in [4.78, 5) is 37.2. The maximum Gasteiger partial charge on any atom is 0.519 e. The lowest BCUT2D eigenvalue weighted by molar-refractivity contribution is -0.0294. The number of aromatic nitrogens is 2. The second-order valence-electron chi connectivity index (χ2n) is 12.1. The van der Waals surface area contributed by atoms with Gasteiger partial charge in [0.1, 0.15) is 16.8 Å². The van der Waals surface area contributed by atoms with E-state index in [1.54, 1.807) is 52.3 Å². The molecule has 0 aliphatic rings. The van der Waals surface area contributed by atoms with Gasteiger partial charge < -0.3 is 23.9 Å². The van der Waals surface area contributed by atoms with E-state index < -0.39 is 29.1 Å². The summed E-state index contributed by atoms with van der Waals surface area (Å²) in [7, 11) is 0. The van der Waals surface area contributed by atoms with Gasteiger partial charge in [0.2, 0.25) is 0 Å². The molecule has 0 saturated carbocycles. The Kier molecular flexibility index (Phi) is 12.3. The van der Waals surface area contributed by atoms with Crippen molar-refractivity contribution in [2.45, 2.75) is 79.1 Å². The minimum absolute atomic E-state index is 0.336. The van der Waals surface area contributed by atoms with Gasteiger partial charge in [-0.1, -0.05) is 36.4 Å². The average Bonchev–Trinajstić information content (AvgIpc) is 3.37. The van der Waals surface area contributed by atoms with Crippen molar-refractivity contribution in [2.75, 3.05) is 0 Å². The molecule has 2 aromatic carbocycles. The minimum atomic E-state index is -1.06. The van der Waals surface area contributed by atoms with Crippen molar-refractivity contribution in [3.05, 3.63) is 68.1 Å². The number of ether oxygens (including phenoxy) is 4. The zero-order valence-electron chi connectivity index (χ0n) is 25.3. The number of nitrogens with zero attached hydrogens (tertiary/aromatic N) is 1. The van der Waals surface area contributed by atoms with E-state index in [-0.39, 0.29) is 6.09 Å². The zero-order valence-corrected chi connectivity index (χ0v) is 29.6. The molecule has 0 spiro atoms. The third kappa shape index (κ3) is 12.2. The number of carbonyl (C=O) groups excluding carboxylic acids is 3. The molecular formula is C31H38I2N2O7. The van der Waals surface area contributed by atoms with Gasteiger partial charge in [-0.15, -0.1) is 0 Å². The fourth-order valence-electron chi connectivity index (χ4n) is 3.25. The fraction of sp³-hybridized carbons (Fsp3) is 0.387. The Balaban J connectivity index is 0.000000227. The molecule has 4 rings (SSSR count). The van der Waals surface area contributed by atoms with Gasteiger partial charge in [0.25, 0.3) is 0 Å². The van der Waals surface area contributed by atoms with Gasteiger partial charge in [-0.05, 0) is 120 Å². The van der Waals surface area contributed by atoms with Crippen molar-refractivity contribution in [3.8, 4) is 0 Å². The number of fused-ring (bicyclic) bond motifs is 2. The Morgan fingerprint density at radius 2 is 1.14 bits per heavy atom. The first-order valence-electron chi connectivity index (χ1n) is 13.1. The van der Waals surface area contributed by atoms with Crippen LogP contribution >= 0.6 is 45.2 Å². The second kappa shape index (κ2) is 14.6. The molecule has 0 amide bonds. The van der Waals surface area contributed by atoms with Crippen molar-refractivity contribution in [2.24, 2.45) is 0 Å². The normalized spacial score (nSPS) is 11.5. The summed E-state index contributed by atoms with van der Waals surface area (Å²) in [6, 6.07) is 16.1. The summed E-state index contributed by atoms with van der Waals surface area (Å²) in [6.07, 6.45) is 1.37. The minimum Gasteiger partial charge on any atom is -0.443 e. The highest BCUT2D eigenvalue weighted by Crippen LogP contribution is 2.24. The van der Waals surface area contributed by atoms with Crippen molar-refractivity contribution in [1.29, 1.82) is 0 Å². The van der Waals surface area contributed by atoms with E-state index >= 15 is 0 Å². The summed E-state index contributed by atoms with van der Waals surface area (Å²) < 4.78 is 23.1. The van der Waals surface area contributed by atoms with Crippen LogP contribution in [0.3, 0.4) is 0 Å². The molecule has 0 atom stereocenters. The zero-order chi connectivity index (χ0) is 31.9. The first-order valence-corrected chi connectivity index (χ1v) is 15.3. The molecule has 0 radical (unpaired) electrons. The van der Waals surface area contributed by atoms with E-state index in [1.165, 1.54) is 14.5 Å². The summed E-state index contributed by atoms with van der Waals surface area (Å²) in [5.74, 6) is 0. The van der Waals surface area contributed by atoms with E-state index in [4.69, 9.17) is 14.2 Å². The highest BCUT2D eigenvalue weighted by Gasteiger charge is 2.24.